The van der Waals surface area contributed by atoms with E-state index in [0.717, 1.165) is 51.4 Å². The molecule has 1 saturated heterocycles. The van der Waals surface area contributed by atoms with Crippen molar-refractivity contribution in [3.8, 4) is 0 Å². The molecule has 3 aliphatic rings. The van der Waals surface area contributed by atoms with Crippen LogP contribution in [0.3, 0.4) is 0 Å². The van der Waals surface area contributed by atoms with E-state index < -0.39 is 10.2 Å². The lowest BCUT2D eigenvalue weighted by Crippen LogP contribution is -2.49. The molecule has 1 aliphatic heterocycles. The molecule has 0 aromatic heterocycles. The smallest absolute Gasteiger partial charge is 0.279 e. The van der Waals surface area contributed by atoms with Crippen molar-refractivity contribution >= 4 is 10.2 Å². The van der Waals surface area contributed by atoms with Crippen LogP contribution in [0.15, 0.2) is 0 Å². The number of nitrogens with zero attached hydrogens (tertiary/aromatic N) is 1. The molecule has 2 aliphatic carbocycles. The molecule has 0 bridgehead atoms. The van der Waals surface area contributed by atoms with Crippen LogP contribution in [0.5, 0.6) is 0 Å². The Labute approximate surface area is 115 Å². The second-order valence-electron chi connectivity index (χ2n) is 6.23. The number of aliphatic hydroxyl groups is 1. The second-order valence-corrected chi connectivity index (χ2v) is 7.89. The van der Waals surface area contributed by atoms with Crippen LogP contribution in [0.1, 0.15) is 51.4 Å². The van der Waals surface area contributed by atoms with Gasteiger partial charge in [-0.1, -0.05) is 12.8 Å². The highest BCUT2D eigenvalue weighted by Gasteiger charge is 2.43. The third kappa shape index (κ3) is 2.96. The largest absolute Gasteiger partial charge is 0.393 e. The molecular formula is C13H24N2O3S. The van der Waals surface area contributed by atoms with E-state index in [0.29, 0.717) is 6.54 Å². The van der Waals surface area contributed by atoms with Crippen molar-refractivity contribution in [3.63, 3.8) is 0 Å². The van der Waals surface area contributed by atoms with Crippen LogP contribution < -0.4 is 4.72 Å². The van der Waals surface area contributed by atoms with Crippen LogP contribution in [0.25, 0.3) is 0 Å². The predicted molar refractivity (Wildman–Crippen MR) is 72.8 cm³/mol. The van der Waals surface area contributed by atoms with E-state index in [1.165, 1.54) is 0 Å². The van der Waals surface area contributed by atoms with Gasteiger partial charge in [0.05, 0.1) is 6.10 Å². The summed E-state index contributed by atoms with van der Waals surface area (Å²) in [5.74, 6) is 0.132. The highest BCUT2D eigenvalue weighted by molar-refractivity contribution is 7.87. The summed E-state index contributed by atoms with van der Waals surface area (Å²) >= 11 is 0. The van der Waals surface area contributed by atoms with Crippen LogP contribution in [0.2, 0.25) is 0 Å². The fourth-order valence-corrected chi connectivity index (χ4v) is 5.34. The average molecular weight is 288 g/mol. The third-order valence-corrected chi connectivity index (χ3v) is 6.43. The van der Waals surface area contributed by atoms with Crippen molar-refractivity contribution in [2.45, 2.75) is 69.6 Å². The molecule has 1 heterocycles. The lowest BCUT2D eigenvalue weighted by Gasteiger charge is -2.36. The first kappa shape index (κ1) is 13.8. The summed E-state index contributed by atoms with van der Waals surface area (Å²) in [6.45, 7) is 0.607. The molecule has 2 saturated carbocycles. The summed E-state index contributed by atoms with van der Waals surface area (Å²) in [5, 5.41) is 10.2. The minimum absolute atomic E-state index is 0.00606. The second kappa shape index (κ2) is 5.31. The number of nitrogens with one attached hydrogen (secondary N) is 1. The SMILES string of the molecule is O=S(=O)(NC1CC1)N1CCCC1C1CCCCC1O. The van der Waals surface area contributed by atoms with Crippen molar-refractivity contribution in [1.29, 1.82) is 0 Å². The summed E-state index contributed by atoms with van der Waals surface area (Å²) < 4.78 is 29.2. The molecular weight excluding hydrogens is 264 g/mol. The highest BCUT2D eigenvalue weighted by atomic mass is 32.2. The Balaban J connectivity index is 1.72. The molecule has 0 radical (unpaired) electrons. The van der Waals surface area contributed by atoms with Gasteiger partial charge >= 0.3 is 0 Å². The van der Waals surface area contributed by atoms with E-state index >= 15 is 0 Å². The van der Waals surface area contributed by atoms with Crippen LogP contribution in [-0.2, 0) is 10.2 Å². The lowest BCUT2D eigenvalue weighted by molar-refractivity contribution is 0.0384. The molecule has 6 heteroatoms. The average Bonchev–Trinajstić information content (AvgIpc) is 3.02. The Morgan fingerprint density at radius 3 is 2.42 bits per heavy atom. The van der Waals surface area contributed by atoms with Gasteiger partial charge in [0.15, 0.2) is 0 Å². The highest BCUT2D eigenvalue weighted by Crippen LogP contribution is 2.36. The topological polar surface area (TPSA) is 69.6 Å². The summed E-state index contributed by atoms with van der Waals surface area (Å²) in [5.41, 5.74) is 0. The first-order valence-corrected chi connectivity index (χ1v) is 8.99. The number of aliphatic hydroxyl groups excluding tert-OH is 1. The maximum Gasteiger partial charge on any atom is 0.279 e. The van der Waals surface area contributed by atoms with Gasteiger partial charge in [-0.15, -0.1) is 0 Å². The molecule has 0 aromatic carbocycles. The van der Waals surface area contributed by atoms with Crippen LogP contribution in [0, 0.1) is 5.92 Å². The van der Waals surface area contributed by atoms with Crippen LogP contribution in [0.4, 0.5) is 0 Å². The van der Waals surface area contributed by atoms with Crippen molar-refractivity contribution in [1.82, 2.24) is 9.03 Å². The van der Waals surface area contributed by atoms with E-state index in [4.69, 9.17) is 0 Å². The van der Waals surface area contributed by atoms with E-state index in [1.807, 2.05) is 0 Å². The predicted octanol–water partition coefficient (Wildman–Crippen LogP) is 0.999. The molecule has 0 spiro atoms. The van der Waals surface area contributed by atoms with Crippen LogP contribution in [-0.4, -0.2) is 42.6 Å². The summed E-state index contributed by atoms with van der Waals surface area (Å²) in [4.78, 5) is 0. The Morgan fingerprint density at radius 2 is 1.74 bits per heavy atom. The van der Waals surface area contributed by atoms with Gasteiger partial charge in [-0.05, 0) is 38.5 Å². The number of rotatable bonds is 4. The van der Waals surface area contributed by atoms with Gasteiger partial charge in [0, 0.05) is 24.5 Å². The quantitative estimate of drug-likeness (QED) is 0.811. The van der Waals surface area contributed by atoms with Gasteiger partial charge in [-0.2, -0.15) is 17.4 Å². The number of hydrogen-bond acceptors (Lipinski definition) is 3. The maximum atomic E-state index is 12.4. The minimum atomic E-state index is -3.35. The monoisotopic (exact) mass is 288 g/mol. The van der Waals surface area contributed by atoms with Crippen molar-refractivity contribution in [3.05, 3.63) is 0 Å². The Bertz CT molecular complexity index is 422. The van der Waals surface area contributed by atoms with Gasteiger partial charge in [-0.25, -0.2) is 0 Å². The molecule has 19 heavy (non-hydrogen) atoms. The summed E-state index contributed by atoms with van der Waals surface area (Å²) in [6, 6.07) is 0.161. The molecule has 3 rings (SSSR count). The summed E-state index contributed by atoms with van der Waals surface area (Å²) in [7, 11) is -3.35. The van der Waals surface area contributed by atoms with Crippen LogP contribution >= 0.6 is 0 Å². The normalized spacial score (nSPS) is 37.6. The summed E-state index contributed by atoms with van der Waals surface area (Å²) in [6.07, 6.45) is 7.38. The first-order chi connectivity index (χ1) is 9.08. The van der Waals surface area contributed by atoms with Crippen molar-refractivity contribution in [2.75, 3.05) is 6.54 Å². The van der Waals surface area contributed by atoms with E-state index in [2.05, 4.69) is 4.72 Å². The molecule has 5 nitrogen and oxygen atoms in total. The zero-order chi connectivity index (χ0) is 13.5. The van der Waals surface area contributed by atoms with E-state index in [-0.39, 0.29) is 24.1 Å². The van der Waals surface area contributed by atoms with Gasteiger partial charge in [0.25, 0.3) is 10.2 Å². The van der Waals surface area contributed by atoms with E-state index in [9.17, 15) is 13.5 Å². The zero-order valence-electron chi connectivity index (χ0n) is 11.3. The zero-order valence-corrected chi connectivity index (χ0v) is 12.1. The third-order valence-electron chi connectivity index (χ3n) is 4.73. The van der Waals surface area contributed by atoms with Crippen molar-refractivity contribution in [2.24, 2.45) is 5.92 Å². The molecule has 0 aromatic rings. The van der Waals surface area contributed by atoms with Gasteiger partial charge in [0.2, 0.25) is 0 Å². The van der Waals surface area contributed by atoms with Gasteiger partial charge < -0.3 is 5.11 Å². The Hall–Kier alpha value is -0.170. The lowest BCUT2D eigenvalue weighted by atomic mass is 9.81. The molecule has 2 N–H and O–H groups in total. The van der Waals surface area contributed by atoms with Gasteiger partial charge in [-0.3, -0.25) is 0 Å². The molecule has 3 fully saturated rings. The van der Waals surface area contributed by atoms with Crippen molar-refractivity contribution < 1.29 is 13.5 Å². The first-order valence-electron chi connectivity index (χ1n) is 7.55. The maximum absolute atomic E-state index is 12.4. The standard InChI is InChI=1S/C13H24N2O3S/c16-13-6-2-1-4-11(13)12-5-3-9-15(12)19(17,18)14-10-7-8-10/h10-14,16H,1-9H2. The van der Waals surface area contributed by atoms with Gasteiger partial charge in [0.1, 0.15) is 0 Å². The van der Waals surface area contributed by atoms with E-state index in [1.54, 1.807) is 4.31 Å². The molecule has 0 amide bonds. The molecule has 3 unspecified atom stereocenters. The minimum Gasteiger partial charge on any atom is -0.393 e. The fourth-order valence-electron chi connectivity index (χ4n) is 3.56. The fraction of sp³-hybridized carbons (Fsp3) is 1.00. The molecule has 3 atom stereocenters. The Morgan fingerprint density at radius 1 is 1.00 bits per heavy atom. The Kier molecular flexibility index (Phi) is 3.86. The number of hydrogen-bond donors (Lipinski definition) is 2. The molecule has 110 valence electrons.